The standard InChI is InChI=1S/C10H13FO2/c1-7-3-2-4-8(10(7)11)9(13)5-6-12/h2-4,9,12-13H,5-6H2,1H3. The van der Waals surface area contributed by atoms with Crippen molar-refractivity contribution < 1.29 is 14.6 Å². The summed E-state index contributed by atoms with van der Waals surface area (Å²) >= 11 is 0. The Balaban J connectivity index is 2.93. The molecule has 1 aromatic rings. The number of rotatable bonds is 3. The molecule has 1 aromatic carbocycles. The van der Waals surface area contributed by atoms with E-state index in [1.54, 1.807) is 19.1 Å². The SMILES string of the molecule is Cc1cccc(C(O)CCO)c1F. The summed E-state index contributed by atoms with van der Waals surface area (Å²) in [7, 11) is 0. The van der Waals surface area contributed by atoms with E-state index >= 15 is 0 Å². The minimum Gasteiger partial charge on any atom is -0.396 e. The summed E-state index contributed by atoms with van der Waals surface area (Å²) in [4.78, 5) is 0. The maximum atomic E-state index is 13.3. The van der Waals surface area contributed by atoms with Gasteiger partial charge in [-0.05, 0) is 12.5 Å². The van der Waals surface area contributed by atoms with Gasteiger partial charge < -0.3 is 10.2 Å². The molecule has 1 atom stereocenters. The predicted octanol–water partition coefficient (Wildman–Crippen LogP) is 1.55. The molecule has 13 heavy (non-hydrogen) atoms. The van der Waals surface area contributed by atoms with E-state index in [0.29, 0.717) is 5.56 Å². The zero-order valence-corrected chi connectivity index (χ0v) is 7.50. The van der Waals surface area contributed by atoms with Gasteiger partial charge in [0, 0.05) is 18.6 Å². The Kier molecular flexibility index (Phi) is 3.39. The summed E-state index contributed by atoms with van der Waals surface area (Å²) in [5.41, 5.74) is 0.767. The third-order valence-electron chi connectivity index (χ3n) is 1.98. The van der Waals surface area contributed by atoms with Gasteiger partial charge in [-0.1, -0.05) is 18.2 Å². The lowest BCUT2D eigenvalue weighted by atomic mass is 10.0. The molecule has 0 aliphatic heterocycles. The first kappa shape index (κ1) is 10.2. The topological polar surface area (TPSA) is 40.5 Å². The number of aliphatic hydroxyl groups is 2. The van der Waals surface area contributed by atoms with E-state index in [0.717, 1.165) is 0 Å². The Bertz CT molecular complexity index is 286. The predicted molar refractivity (Wildman–Crippen MR) is 47.8 cm³/mol. The third kappa shape index (κ3) is 2.26. The van der Waals surface area contributed by atoms with Crippen LogP contribution in [0, 0.1) is 12.7 Å². The lowest BCUT2D eigenvalue weighted by molar-refractivity contribution is 0.131. The van der Waals surface area contributed by atoms with E-state index in [9.17, 15) is 9.50 Å². The van der Waals surface area contributed by atoms with Gasteiger partial charge in [-0.15, -0.1) is 0 Å². The van der Waals surface area contributed by atoms with Crippen LogP contribution in [-0.4, -0.2) is 16.8 Å². The van der Waals surface area contributed by atoms with Crippen molar-refractivity contribution in [2.24, 2.45) is 0 Å². The summed E-state index contributed by atoms with van der Waals surface area (Å²) in [5.74, 6) is -0.386. The lowest BCUT2D eigenvalue weighted by Gasteiger charge is -2.11. The highest BCUT2D eigenvalue weighted by atomic mass is 19.1. The van der Waals surface area contributed by atoms with Crippen LogP contribution >= 0.6 is 0 Å². The quantitative estimate of drug-likeness (QED) is 0.748. The van der Waals surface area contributed by atoms with Crippen LogP contribution in [0.5, 0.6) is 0 Å². The van der Waals surface area contributed by atoms with Crippen molar-refractivity contribution in [2.45, 2.75) is 19.4 Å². The van der Waals surface area contributed by atoms with Crippen LogP contribution in [0.3, 0.4) is 0 Å². The maximum Gasteiger partial charge on any atom is 0.131 e. The molecule has 1 unspecified atom stereocenters. The van der Waals surface area contributed by atoms with Crippen LogP contribution in [0.4, 0.5) is 4.39 Å². The molecule has 1 rings (SSSR count). The van der Waals surface area contributed by atoms with E-state index in [2.05, 4.69) is 0 Å². The van der Waals surface area contributed by atoms with E-state index in [-0.39, 0.29) is 24.4 Å². The fraction of sp³-hybridized carbons (Fsp3) is 0.400. The molecule has 0 bridgehead atoms. The van der Waals surface area contributed by atoms with Crippen molar-refractivity contribution in [3.63, 3.8) is 0 Å². The Morgan fingerprint density at radius 2 is 2.15 bits per heavy atom. The summed E-state index contributed by atoms with van der Waals surface area (Å²) in [6.07, 6.45) is -0.745. The molecular weight excluding hydrogens is 171 g/mol. The van der Waals surface area contributed by atoms with Crippen LogP contribution in [0.25, 0.3) is 0 Å². The van der Waals surface area contributed by atoms with Crippen LogP contribution in [0.15, 0.2) is 18.2 Å². The van der Waals surface area contributed by atoms with Crippen LogP contribution in [-0.2, 0) is 0 Å². The van der Waals surface area contributed by atoms with Gasteiger partial charge >= 0.3 is 0 Å². The van der Waals surface area contributed by atoms with Crippen LogP contribution in [0.2, 0.25) is 0 Å². The molecule has 0 aromatic heterocycles. The van der Waals surface area contributed by atoms with E-state index in [1.807, 2.05) is 0 Å². The maximum absolute atomic E-state index is 13.3. The normalized spacial score (nSPS) is 12.9. The number of benzene rings is 1. The van der Waals surface area contributed by atoms with E-state index in [1.165, 1.54) is 6.07 Å². The fourth-order valence-corrected chi connectivity index (χ4v) is 1.21. The molecule has 2 N–H and O–H groups in total. The molecule has 0 aliphatic carbocycles. The molecule has 0 saturated heterocycles. The molecule has 0 radical (unpaired) electrons. The van der Waals surface area contributed by atoms with Crippen LogP contribution < -0.4 is 0 Å². The first-order valence-electron chi connectivity index (χ1n) is 4.20. The molecule has 0 spiro atoms. The Morgan fingerprint density at radius 1 is 1.46 bits per heavy atom. The monoisotopic (exact) mass is 184 g/mol. The molecule has 0 fully saturated rings. The summed E-state index contributed by atoms with van der Waals surface area (Å²) in [6.45, 7) is 1.50. The van der Waals surface area contributed by atoms with Gasteiger partial charge in [0.05, 0.1) is 6.10 Å². The minimum atomic E-state index is -0.912. The molecule has 0 aliphatic rings. The molecule has 3 heteroatoms. The van der Waals surface area contributed by atoms with Gasteiger partial charge in [-0.2, -0.15) is 0 Å². The van der Waals surface area contributed by atoms with Crippen molar-refractivity contribution in [3.8, 4) is 0 Å². The zero-order valence-electron chi connectivity index (χ0n) is 7.50. The Labute approximate surface area is 76.6 Å². The Morgan fingerprint density at radius 3 is 2.77 bits per heavy atom. The fourth-order valence-electron chi connectivity index (χ4n) is 1.21. The highest BCUT2D eigenvalue weighted by Gasteiger charge is 2.12. The summed E-state index contributed by atoms with van der Waals surface area (Å²) in [6, 6.07) is 4.86. The van der Waals surface area contributed by atoms with Crippen LogP contribution in [0.1, 0.15) is 23.7 Å². The van der Waals surface area contributed by atoms with Crippen molar-refractivity contribution in [2.75, 3.05) is 6.61 Å². The molecule has 2 nitrogen and oxygen atoms in total. The number of aliphatic hydroxyl groups excluding tert-OH is 2. The van der Waals surface area contributed by atoms with Gasteiger partial charge in [0.1, 0.15) is 5.82 Å². The van der Waals surface area contributed by atoms with Gasteiger partial charge in [-0.3, -0.25) is 0 Å². The van der Waals surface area contributed by atoms with Gasteiger partial charge in [0.25, 0.3) is 0 Å². The third-order valence-corrected chi connectivity index (χ3v) is 1.98. The van der Waals surface area contributed by atoms with Gasteiger partial charge in [-0.25, -0.2) is 4.39 Å². The highest BCUT2D eigenvalue weighted by molar-refractivity contribution is 5.26. The highest BCUT2D eigenvalue weighted by Crippen LogP contribution is 2.21. The van der Waals surface area contributed by atoms with E-state index in [4.69, 9.17) is 5.11 Å². The minimum absolute atomic E-state index is 0.144. The number of hydrogen-bond donors (Lipinski definition) is 2. The second kappa shape index (κ2) is 4.35. The number of aryl methyl sites for hydroxylation is 1. The smallest absolute Gasteiger partial charge is 0.131 e. The number of halogens is 1. The lowest BCUT2D eigenvalue weighted by Crippen LogP contribution is -2.03. The average molecular weight is 184 g/mol. The van der Waals surface area contributed by atoms with Crippen molar-refractivity contribution in [3.05, 3.63) is 35.1 Å². The largest absolute Gasteiger partial charge is 0.396 e. The zero-order chi connectivity index (χ0) is 9.84. The molecule has 0 saturated carbocycles. The first-order chi connectivity index (χ1) is 6.16. The molecular formula is C10H13FO2. The van der Waals surface area contributed by atoms with Crippen molar-refractivity contribution in [1.29, 1.82) is 0 Å². The average Bonchev–Trinajstić information content (AvgIpc) is 2.10. The molecule has 72 valence electrons. The second-order valence-corrected chi connectivity index (χ2v) is 3.01. The van der Waals surface area contributed by atoms with Gasteiger partial charge in [0.15, 0.2) is 0 Å². The first-order valence-corrected chi connectivity index (χ1v) is 4.20. The second-order valence-electron chi connectivity index (χ2n) is 3.01. The van der Waals surface area contributed by atoms with Gasteiger partial charge in [0.2, 0.25) is 0 Å². The Hall–Kier alpha value is -0.930. The van der Waals surface area contributed by atoms with Crippen molar-refractivity contribution in [1.82, 2.24) is 0 Å². The van der Waals surface area contributed by atoms with Crippen molar-refractivity contribution >= 4 is 0 Å². The number of hydrogen-bond acceptors (Lipinski definition) is 2. The summed E-state index contributed by atoms with van der Waals surface area (Å²) in [5, 5.41) is 18.0. The van der Waals surface area contributed by atoms with E-state index < -0.39 is 6.10 Å². The summed E-state index contributed by atoms with van der Waals surface area (Å²) < 4.78 is 13.3. The molecule has 0 amide bonds. The molecule has 0 heterocycles.